The van der Waals surface area contributed by atoms with Crippen molar-refractivity contribution in [3.63, 3.8) is 0 Å². The second-order valence-corrected chi connectivity index (χ2v) is 5.40. The zero-order valence-electron chi connectivity index (χ0n) is 13.1. The molecule has 1 amide bonds. The van der Waals surface area contributed by atoms with Crippen molar-refractivity contribution in [3.8, 4) is 5.75 Å². The molecule has 4 heteroatoms. The van der Waals surface area contributed by atoms with Gasteiger partial charge in [-0.2, -0.15) is 0 Å². The summed E-state index contributed by atoms with van der Waals surface area (Å²) in [7, 11) is 0. The molecular formula is C18H22N2O2. The molecule has 0 spiro atoms. The van der Waals surface area contributed by atoms with Gasteiger partial charge in [-0.1, -0.05) is 17.7 Å². The third-order valence-electron chi connectivity index (χ3n) is 3.34. The summed E-state index contributed by atoms with van der Waals surface area (Å²) in [6.45, 7) is 4.49. The average molecular weight is 298 g/mol. The number of ether oxygens (including phenoxy) is 1. The lowest BCUT2D eigenvalue weighted by atomic mass is 10.1. The molecule has 2 rings (SSSR count). The lowest BCUT2D eigenvalue weighted by Crippen LogP contribution is -2.33. The first-order valence-electron chi connectivity index (χ1n) is 7.52. The van der Waals surface area contributed by atoms with Gasteiger partial charge in [-0.15, -0.1) is 0 Å². The second kappa shape index (κ2) is 8.17. The van der Waals surface area contributed by atoms with Crippen LogP contribution in [0.3, 0.4) is 0 Å². The molecule has 0 aliphatic heterocycles. The minimum Gasteiger partial charge on any atom is -0.489 e. The Morgan fingerprint density at radius 1 is 1.18 bits per heavy atom. The molecule has 2 aromatic rings. The third-order valence-corrected chi connectivity index (χ3v) is 3.34. The summed E-state index contributed by atoms with van der Waals surface area (Å²) >= 11 is 0. The van der Waals surface area contributed by atoms with E-state index in [0.717, 1.165) is 17.7 Å². The molecule has 1 atom stereocenters. The number of aryl methyl sites for hydroxylation is 2. The minimum atomic E-state index is -0.0624. The molecule has 0 bridgehead atoms. The number of hydrogen-bond acceptors (Lipinski definition) is 3. The number of rotatable bonds is 7. The first-order valence-corrected chi connectivity index (χ1v) is 7.52. The Kier molecular flexibility index (Phi) is 5.95. The number of hydrogen-bond donors (Lipinski definition) is 1. The van der Waals surface area contributed by atoms with E-state index in [1.807, 2.05) is 50.2 Å². The van der Waals surface area contributed by atoms with Gasteiger partial charge in [0.05, 0.1) is 6.54 Å². The lowest BCUT2D eigenvalue weighted by molar-refractivity contribution is -0.121. The van der Waals surface area contributed by atoms with E-state index in [2.05, 4.69) is 10.3 Å². The molecular weight excluding hydrogens is 276 g/mol. The molecule has 22 heavy (non-hydrogen) atoms. The molecule has 0 aliphatic rings. The number of carbonyl (C=O) groups excluding carboxylic acids is 1. The number of nitrogens with zero attached hydrogens (tertiary/aromatic N) is 1. The van der Waals surface area contributed by atoms with Gasteiger partial charge in [0.15, 0.2) is 0 Å². The van der Waals surface area contributed by atoms with Crippen molar-refractivity contribution in [3.05, 3.63) is 59.9 Å². The van der Waals surface area contributed by atoms with Gasteiger partial charge in [0, 0.05) is 18.8 Å². The van der Waals surface area contributed by atoms with Crippen LogP contribution in [0.5, 0.6) is 5.75 Å². The summed E-state index contributed by atoms with van der Waals surface area (Å²) < 4.78 is 5.76. The summed E-state index contributed by atoms with van der Waals surface area (Å²) in [5.41, 5.74) is 2.32. The van der Waals surface area contributed by atoms with Crippen LogP contribution in [0, 0.1) is 6.92 Å². The van der Waals surface area contributed by atoms with E-state index in [9.17, 15) is 4.79 Å². The summed E-state index contributed by atoms with van der Waals surface area (Å²) in [4.78, 5) is 15.8. The van der Waals surface area contributed by atoms with Crippen molar-refractivity contribution in [1.29, 1.82) is 0 Å². The molecule has 0 unspecified atom stereocenters. The van der Waals surface area contributed by atoms with E-state index < -0.39 is 0 Å². The molecule has 0 saturated heterocycles. The fourth-order valence-corrected chi connectivity index (χ4v) is 2.04. The molecule has 0 saturated carbocycles. The monoisotopic (exact) mass is 298 g/mol. The van der Waals surface area contributed by atoms with Crippen molar-refractivity contribution in [1.82, 2.24) is 10.3 Å². The first-order chi connectivity index (χ1) is 10.6. The smallest absolute Gasteiger partial charge is 0.220 e. The van der Waals surface area contributed by atoms with Crippen LogP contribution in [-0.2, 0) is 11.2 Å². The van der Waals surface area contributed by atoms with Gasteiger partial charge in [0.2, 0.25) is 5.91 Å². The highest BCUT2D eigenvalue weighted by Crippen LogP contribution is 2.13. The Labute approximate surface area is 131 Å². The van der Waals surface area contributed by atoms with E-state index in [-0.39, 0.29) is 12.0 Å². The summed E-state index contributed by atoms with van der Waals surface area (Å²) in [6.07, 6.45) is 4.62. The van der Waals surface area contributed by atoms with E-state index in [4.69, 9.17) is 4.74 Å². The standard InChI is InChI=1S/C18H22N2O2/c1-14-3-6-17(7-4-14)22-15(2)13-20-18(21)8-5-16-9-11-19-12-10-16/h3-4,6-7,9-12,15H,5,8,13H2,1-2H3,(H,20,21)/t15-/m1/s1. The number of pyridine rings is 1. The van der Waals surface area contributed by atoms with Crippen LogP contribution in [0.2, 0.25) is 0 Å². The van der Waals surface area contributed by atoms with Crippen LogP contribution < -0.4 is 10.1 Å². The van der Waals surface area contributed by atoms with Gasteiger partial charge in [-0.25, -0.2) is 0 Å². The molecule has 0 radical (unpaired) electrons. The molecule has 116 valence electrons. The maximum absolute atomic E-state index is 11.8. The Morgan fingerprint density at radius 3 is 2.55 bits per heavy atom. The number of aromatic nitrogens is 1. The summed E-state index contributed by atoms with van der Waals surface area (Å²) in [5, 5.41) is 2.90. The highest BCUT2D eigenvalue weighted by Gasteiger charge is 2.07. The number of benzene rings is 1. The zero-order chi connectivity index (χ0) is 15.8. The molecule has 0 aliphatic carbocycles. The van der Waals surface area contributed by atoms with Gasteiger partial charge >= 0.3 is 0 Å². The topological polar surface area (TPSA) is 51.2 Å². The van der Waals surface area contributed by atoms with Gasteiger partial charge < -0.3 is 10.1 Å². The fraction of sp³-hybridized carbons (Fsp3) is 0.333. The van der Waals surface area contributed by atoms with Crippen LogP contribution in [0.4, 0.5) is 0 Å². The van der Waals surface area contributed by atoms with Crippen molar-refractivity contribution < 1.29 is 9.53 Å². The van der Waals surface area contributed by atoms with Crippen LogP contribution >= 0.6 is 0 Å². The Hall–Kier alpha value is -2.36. The van der Waals surface area contributed by atoms with Crippen LogP contribution in [0.25, 0.3) is 0 Å². The summed E-state index contributed by atoms with van der Waals surface area (Å²) in [5.74, 6) is 0.861. The molecule has 1 aromatic carbocycles. The fourth-order valence-electron chi connectivity index (χ4n) is 2.04. The first kappa shape index (κ1) is 16.0. The number of amides is 1. The second-order valence-electron chi connectivity index (χ2n) is 5.40. The number of carbonyl (C=O) groups is 1. The van der Waals surface area contributed by atoms with Gasteiger partial charge in [0.25, 0.3) is 0 Å². The maximum Gasteiger partial charge on any atom is 0.220 e. The van der Waals surface area contributed by atoms with E-state index in [1.165, 1.54) is 5.56 Å². The van der Waals surface area contributed by atoms with Crippen LogP contribution in [0.15, 0.2) is 48.8 Å². The molecule has 1 aromatic heterocycles. The molecule has 1 N–H and O–H groups in total. The van der Waals surface area contributed by atoms with E-state index in [0.29, 0.717) is 13.0 Å². The summed E-state index contributed by atoms with van der Waals surface area (Å²) in [6, 6.07) is 11.8. The van der Waals surface area contributed by atoms with E-state index in [1.54, 1.807) is 12.4 Å². The SMILES string of the molecule is Cc1ccc(O[C@H](C)CNC(=O)CCc2ccncc2)cc1. The third kappa shape index (κ3) is 5.56. The van der Waals surface area contributed by atoms with Crippen molar-refractivity contribution >= 4 is 5.91 Å². The predicted molar refractivity (Wildman–Crippen MR) is 86.8 cm³/mol. The normalized spacial score (nSPS) is 11.7. The average Bonchev–Trinajstić information content (AvgIpc) is 2.54. The quantitative estimate of drug-likeness (QED) is 0.855. The maximum atomic E-state index is 11.8. The van der Waals surface area contributed by atoms with E-state index >= 15 is 0 Å². The van der Waals surface area contributed by atoms with Crippen molar-refractivity contribution in [2.24, 2.45) is 0 Å². The molecule has 1 heterocycles. The van der Waals surface area contributed by atoms with Gasteiger partial charge in [-0.05, 0) is 50.1 Å². The molecule has 4 nitrogen and oxygen atoms in total. The van der Waals surface area contributed by atoms with Crippen LogP contribution in [-0.4, -0.2) is 23.5 Å². The highest BCUT2D eigenvalue weighted by atomic mass is 16.5. The zero-order valence-corrected chi connectivity index (χ0v) is 13.1. The van der Waals surface area contributed by atoms with Crippen molar-refractivity contribution in [2.45, 2.75) is 32.8 Å². The number of nitrogens with one attached hydrogen (secondary N) is 1. The molecule has 0 fully saturated rings. The Bertz CT molecular complexity index is 582. The highest BCUT2D eigenvalue weighted by molar-refractivity contribution is 5.76. The van der Waals surface area contributed by atoms with Crippen LogP contribution in [0.1, 0.15) is 24.5 Å². The Morgan fingerprint density at radius 2 is 1.86 bits per heavy atom. The lowest BCUT2D eigenvalue weighted by Gasteiger charge is -2.15. The van der Waals surface area contributed by atoms with Crippen molar-refractivity contribution in [2.75, 3.05) is 6.54 Å². The predicted octanol–water partition coefficient (Wildman–Crippen LogP) is 2.91. The van der Waals surface area contributed by atoms with Gasteiger partial charge in [-0.3, -0.25) is 9.78 Å². The van der Waals surface area contributed by atoms with Gasteiger partial charge in [0.1, 0.15) is 11.9 Å². The largest absolute Gasteiger partial charge is 0.489 e. The minimum absolute atomic E-state index is 0.0381. The Balaban J connectivity index is 1.68.